The second-order valence-corrected chi connectivity index (χ2v) is 21.3. The first-order valence-corrected chi connectivity index (χ1v) is 22.5. The van der Waals surface area contributed by atoms with E-state index in [4.69, 9.17) is 4.52 Å². The van der Waals surface area contributed by atoms with E-state index >= 15 is 0 Å². The third-order valence-electron chi connectivity index (χ3n) is 11.8. The third kappa shape index (κ3) is 11.6. The molecule has 296 valence electrons. The summed E-state index contributed by atoms with van der Waals surface area (Å²) >= 11 is 0. The van der Waals surface area contributed by atoms with Gasteiger partial charge in [0.1, 0.15) is 5.60 Å². The van der Waals surface area contributed by atoms with Crippen molar-refractivity contribution in [3.05, 3.63) is 68.8 Å². The van der Waals surface area contributed by atoms with Gasteiger partial charge in [-0.15, -0.1) is 0 Å². The van der Waals surface area contributed by atoms with E-state index in [9.17, 15) is 9.79 Å². The maximum absolute atomic E-state index is 11.0. The predicted octanol–water partition coefficient (Wildman–Crippen LogP) is 15.1. The maximum Gasteiger partial charge on any atom is 0.328 e. The van der Waals surface area contributed by atoms with Crippen LogP contribution in [0.1, 0.15) is 250 Å². The summed E-state index contributed by atoms with van der Waals surface area (Å²) in [5.74, 6) is 0.137. The number of unbranched alkanes of at least 4 members (excludes halogenated alkanes) is 14. The first-order valence-electron chi connectivity index (χ1n) is 21.3. The summed E-state index contributed by atoms with van der Waals surface area (Å²) < 4.78 is 6.80. The van der Waals surface area contributed by atoms with Gasteiger partial charge >= 0.3 is 8.60 Å². The molecule has 2 N–H and O–H groups in total. The molecular weight excluding hydrogens is 655 g/mol. The molecular formula is C48H81O3P. The van der Waals surface area contributed by atoms with Crippen molar-refractivity contribution in [1.82, 2.24) is 0 Å². The van der Waals surface area contributed by atoms with Gasteiger partial charge in [-0.05, 0) is 79.0 Å². The van der Waals surface area contributed by atoms with Gasteiger partial charge < -0.3 is 9.79 Å². The van der Waals surface area contributed by atoms with Gasteiger partial charge in [0.2, 0.25) is 0 Å². The van der Waals surface area contributed by atoms with Crippen molar-refractivity contribution in [1.29, 1.82) is 0 Å². The molecule has 1 aliphatic rings. The molecule has 2 aromatic rings. The Morgan fingerprint density at radius 3 is 1.13 bits per heavy atom. The predicted molar refractivity (Wildman–Crippen MR) is 228 cm³/mol. The first kappa shape index (κ1) is 45.1. The number of rotatable bonds is 18. The molecule has 0 atom stereocenters. The van der Waals surface area contributed by atoms with Gasteiger partial charge in [0.05, 0.1) is 0 Å². The van der Waals surface area contributed by atoms with E-state index in [-0.39, 0.29) is 27.6 Å². The average Bonchev–Trinajstić information content (AvgIpc) is 3.02. The molecule has 52 heavy (non-hydrogen) atoms. The van der Waals surface area contributed by atoms with Gasteiger partial charge in [-0.3, -0.25) is 4.52 Å². The molecule has 2 aromatic carbocycles. The zero-order valence-electron chi connectivity index (χ0n) is 36.5. The zero-order chi connectivity index (χ0) is 39.1. The zero-order valence-corrected chi connectivity index (χ0v) is 37.3. The summed E-state index contributed by atoms with van der Waals surface area (Å²) in [7, 11) is -2.64. The summed E-state index contributed by atoms with van der Waals surface area (Å²) in [5, 5.41) is 0. The van der Waals surface area contributed by atoms with Crippen LogP contribution in [0, 0.1) is 0 Å². The first-order chi connectivity index (χ1) is 24.1. The van der Waals surface area contributed by atoms with E-state index in [1.165, 1.54) is 128 Å². The summed E-state index contributed by atoms with van der Waals surface area (Å²) in [6.45, 7) is 32.3. The van der Waals surface area contributed by atoms with Gasteiger partial charge in [-0.2, -0.15) is 0 Å². The monoisotopic (exact) mass is 737 g/mol. The van der Waals surface area contributed by atoms with Crippen LogP contribution in [0.25, 0.3) is 0 Å². The van der Waals surface area contributed by atoms with E-state index in [1.807, 2.05) is 0 Å². The van der Waals surface area contributed by atoms with Crippen LogP contribution in [0.3, 0.4) is 0 Å². The fraction of sp³-hybridized carbons (Fsp3) is 0.750. The van der Waals surface area contributed by atoms with Crippen LogP contribution in [0.15, 0.2) is 24.3 Å². The van der Waals surface area contributed by atoms with E-state index < -0.39 is 14.2 Å². The SMILES string of the molecule is CCCCCCCCCCCCCCCCCC1(OP(O)O)c2c(cc(C(C)(C)C)cc2C(C)(C)C)C(C)c2cc(C(C)(C)C)cc(C(C)(C)C)c21. The van der Waals surface area contributed by atoms with Gasteiger partial charge in [-0.1, -0.05) is 211 Å². The topological polar surface area (TPSA) is 49.7 Å². The highest BCUT2D eigenvalue weighted by Crippen LogP contribution is 2.59. The minimum atomic E-state index is -2.64. The highest BCUT2D eigenvalue weighted by Gasteiger charge is 2.51. The Balaban J connectivity index is 2.02. The summed E-state index contributed by atoms with van der Waals surface area (Å²) in [5.41, 5.74) is 8.76. The molecule has 0 saturated heterocycles. The lowest BCUT2D eigenvalue weighted by Crippen LogP contribution is -2.42. The Morgan fingerprint density at radius 2 is 0.846 bits per heavy atom. The van der Waals surface area contributed by atoms with Crippen molar-refractivity contribution >= 4 is 8.60 Å². The number of hydrogen-bond acceptors (Lipinski definition) is 3. The summed E-state index contributed by atoms with van der Waals surface area (Å²) in [6, 6.07) is 9.69. The van der Waals surface area contributed by atoms with Gasteiger partial charge in [0.25, 0.3) is 0 Å². The van der Waals surface area contributed by atoms with Crippen LogP contribution in [0.2, 0.25) is 0 Å². The highest BCUT2D eigenvalue weighted by molar-refractivity contribution is 7.39. The molecule has 1 aliphatic carbocycles. The van der Waals surface area contributed by atoms with Crippen LogP contribution >= 0.6 is 8.60 Å². The number of fused-ring (bicyclic) bond motifs is 2. The quantitative estimate of drug-likeness (QED) is 0.118. The molecule has 0 spiro atoms. The Hall–Kier alpha value is -1.25. The average molecular weight is 737 g/mol. The van der Waals surface area contributed by atoms with Crippen molar-refractivity contribution in [3.8, 4) is 0 Å². The van der Waals surface area contributed by atoms with Crippen molar-refractivity contribution in [2.75, 3.05) is 0 Å². The molecule has 3 nitrogen and oxygen atoms in total. The molecule has 0 radical (unpaired) electrons. The normalized spacial score (nSPS) is 18.2. The summed E-state index contributed by atoms with van der Waals surface area (Å²) in [6.07, 6.45) is 20.5. The molecule has 4 heteroatoms. The molecule has 0 aliphatic heterocycles. The minimum Gasteiger partial charge on any atom is -0.328 e. The summed E-state index contributed by atoms with van der Waals surface area (Å²) in [4.78, 5) is 21.9. The smallest absolute Gasteiger partial charge is 0.328 e. The van der Waals surface area contributed by atoms with Crippen molar-refractivity contribution in [2.24, 2.45) is 0 Å². The third-order valence-corrected chi connectivity index (χ3v) is 12.3. The van der Waals surface area contributed by atoms with Crippen LogP contribution < -0.4 is 0 Å². The Labute approximate surface area is 323 Å². The van der Waals surface area contributed by atoms with E-state index in [0.29, 0.717) is 0 Å². The van der Waals surface area contributed by atoms with Crippen LogP contribution in [-0.4, -0.2) is 9.79 Å². The number of hydrogen-bond donors (Lipinski definition) is 2. The largest absolute Gasteiger partial charge is 0.328 e. The van der Waals surface area contributed by atoms with Crippen LogP contribution in [0.5, 0.6) is 0 Å². The Bertz CT molecular complexity index is 1330. The second-order valence-electron chi connectivity index (χ2n) is 20.6. The second kappa shape index (κ2) is 18.6. The Kier molecular flexibility index (Phi) is 16.1. The molecule has 0 unspecified atom stereocenters. The van der Waals surface area contributed by atoms with Gasteiger partial charge in [0, 0.05) is 5.92 Å². The highest BCUT2D eigenvalue weighted by atomic mass is 31.2. The van der Waals surface area contributed by atoms with Crippen molar-refractivity contribution in [2.45, 2.75) is 233 Å². The molecule has 0 fully saturated rings. The lowest BCUT2D eigenvalue weighted by atomic mass is 9.60. The fourth-order valence-electron chi connectivity index (χ4n) is 8.53. The maximum atomic E-state index is 11.0. The van der Waals surface area contributed by atoms with Crippen molar-refractivity contribution in [3.63, 3.8) is 0 Å². The van der Waals surface area contributed by atoms with Crippen molar-refractivity contribution < 1.29 is 14.3 Å². The van der Waals surface area contributed by atoms with Crippen LogP contribution in [0.4, 0.5) is 0 Å². The molecule has 0 aromatic heterocycles. The molecule has 0 heterocycles. The van der Waals surface area contributed by atoms with Crippen LogP contribution in [-0.2, 0) is 31.8 Å². The molecule has 0 bridgehead atoms. The van der Waals surface area contributed by atoms with E-state index in [1.54, 1.807) is 0 Å². The molecule has 0 saturated carbocycles. The standard InChI is InChI=1S/C48H81O3P/c1-15-16-17-18-19-20-21-22-23-24-25-26-27-28-29-30-48(51-52(49)50)42-38(31-36(44(3,4)5)33-40(42)46(9,10)11)35(2)39-32-37(45(6,7)8)34-41(43(39)48)47(12,13)14/h31-35,49-50H,15-30H2,1-14H3. The Morgan fingerprint density at radius 1 is 0.519 bits per heavy atom. The van der Waals surface area contributed by atoms with E-state index in [2.05, 4.69) is 121 Å². The molecule has 0 amide bonds. The molecule has 3 rings (SSSR count). The lowest BCUT2D eigenvalue weighted by Gasteiger charge is -2.49. The van der Waals surface area contributed by atoms with Gasteiger partial charge in [-0.25, -0.2) is 0 Å². The lowest BCUT2D eigenvalue weighted by molar-refractivity contribution is 0.0707. The number of benzene rings is 2. The van der Waals surface area contributed by atoms with E-state index in [0.717, 1.165) is 19.3 Å². The fourth-order valence-corrected chi connectivity index (χ4v) is 9.08. The van der Waals surface area contributed by atoms with Gasteiger partial charge in [0.15, 0.2) is 0 Å². The minimum absolute atomic E-state index is 0.0306.